The van der Waals surface area contributed by atoms with E-state index in [4.69, 9.17) is 9.26 Å². The van der Waals surface area contributed by atoms with Gasteiger partial charge < -0.3 is 14.6 Å². The van der Waals surface area contributed by atoms with Crippen molar-refractivity contribution >= 4 is 17.7 Å². The van der Waals surface area contributed by atoms with E-state index in [9.17, 15) is 4.79 Å². The van der Waals surface area contributed by atoms with Crippen LogP contribution in [0.3, 0.4) is 0 Å². The minimum Gasteiger partial charge on any atom is -0.497 e. The largest absolute Gasteiger partial charge is 0.497 e. The summed E-state index contributed by atoms with van der Waals surface area (Å²) in [6.07, 6.45) is 2.20. The Labute approximate surface area is 185 Å². The van der Waals surface area contributed by atoms with Gasteiger partial charge in [0.2, 0.25) is 11.8 Å². The van der Waals surface area contributed by atoms with E-state index in [1.807, 2.05) is 49.6 Å². The standard InChI is InChI=1S/C21H26N6O3S/c1-12(2)18(20-23-19(26-30-20)14-5-6-14)22-17(28)11-31-21-25-24-13(3)27(21)15-7-9-16(29-4)10-8-15/h7-10,12,14,18H,5-6,11H2,1-4H3,(H,22,28). The molecule has 10 heteroatoms. The molecular formula is C21H26N6O3S. The molecule has 0 saturated heterocycles. The van der Waals surface area contributed by atoms with Crippen LogP contribution in [0.2, 0.25) is 0 Å². The number of thioether (sulfide) groups is 1. The van der Waals surface area contributed by atoms with Crippen molar-refractivity contribution in [2.24, 2.45) is 5.92 Å². The number of benzene rings is 1. The summed E-state index contributed by atoms with van der Waals surface area (Å²) < 4.78 is 12.6. The van der Waals surface area contributed by atoms with Gasteiger partial charge in [-0.15, -0.1) is 10.2 Å². The van der Waals surface area contributed by atoms with Gasteiger partial charge in [-0.1, -0.05) is 30.8 Å². The number of carbonyl (C=O) groups excluding carboxylic acids is 1. The average Bonchev–Trinajstić information content (AvgIpc) is 3.39. The molecule has 1 N–H and O–H groups in total. The first-order valence-electron chi connectivity index (χ1n) is 10.3. The van der Waals surface area contributed by atoms with Crippen LogP contribution in [0.1, 0.15) is 56.2 Å². The fourth-order valence-electron chi connectivity index (χ4n) is 3.20. The second kappa shape index (κ2) is 9.09. The first kappa shape index (κ1) is 21.4. The van der Waals surface area contributed by atoms with Crippen LogP contribution in [-0.4, -0.2) is 43.7 Å². The Balaban J connectivity index is 1.42. The van der Waals surface area contributed by atoms with Gasteiger partial charge >= 0.3 is 0 Å². The van der Waals surface area contributed by atoms with Crippen LogP contribution in [0.5, 0.6) is 5.75 Å². The molecule has 0 bridgehead atoms. The number of nitrogens with one attached hydrogen (secondary N) is 1. The van der Waals surface area contributed by atoms with E-state index < -0.39 is 0 Å². The number of methoxy groups -OCH3 is 1. The SMILES string of the molecule is COc1ccc(-n2c(C)nnc2SCC(=O)NC(c2nc(C3CC3)no2)C(C)C)cc1. The second-order valence-corrected chi connectivity index (χ2v) is 8.85. The Morgan fingerprint density at radius 2 is 2.03 bits per heavy atom. The average molecular weight is 443 g/mol. The van der Waals surface area contributed by atoms with Crippen molar-refractivity contribution in [2.45, 2.75) is 50.7 Å². The topological polar surface area (TPSA) is 108 Å². The molecule has 1 aliphatic carbocycles. The minimum atomic E-state index is -0.325. The second-order valence-electron chi connectivity index (χ2n) is 7.91. The lowest BCUT2D eigenvalue weighted by Gasteiger charge is -2.18. The molecule has 2 heterocycles. The predicted octanol–water partition coefficient (Wildman–Crippen LogP) is 3.45. The molecule has 2 aromatic heterocycles. The van der Waals surface area contributed by atoms with Gasteiger partial charge in [-0.2, -0.15) is 4.98 Å². The van der Waals surface area contributed by atoms with E-state index in [1.54, 1.807) is 7.11 Å². The smallest absolute Gasteiger partial charge is 0.249 e. The number of ether oxygens (including phenoxy) is 1. The van der Waals surface area contributed by atoms with Crippen LogP contribution in [0.25, 0.3) is 5.69 Å². The summed E-state index contributed by atoms with van der Waals surface area (Å²) in [6, 6.07) is 7.30. The number of carbonyl (C=O) groups is 1. The van der Waals surface area contributed by atoms with E-state index >= 15 is 0 Å². The van der Waals surface area contributed by atoms with Gasteiger partial charge in [-0.05, 0) is 49.9 Å². The van der Waals surface area contributed by atoms with Crippen molar-refractivity contribution in [1.82, 2.24) is 30.2 Å². The Hall–Kier alpha value is -2.88. The van der Waals surface area contributed by atoms with Crippen LogP contribution < -0.4 is 10.1 Å². The van der Waals surface area contributed by atoms with Crippen LogP contribution in [0, 0.1) is 12.8 Å². The van der Waals surface area contributed by atoms with E-state index in [0.717, 1.165) is 35.9 Å². The third kappa shape index (κ3) is 4.90. The van der Waals surface area contributed by atoms with Crippen LogP contribution in [0.4, 0.5) is 0 Å². The summed E-state index contributed by atoms with van der Waals surface area (Å²) in [7, 11) is 1.63. The summed E-state index contributed by atoms with van der Waals surface area (Å²) in [5.41, 5.74) is 0.907. The lowest BCUT2D eigenvalue weighted by Crippen LogP contribution is -2.33. The predicted molar refractivity (Wildman–Crippen MR) is 115 cm³/mol. The molecule has 31 heavy (non-hydrogen) atoms. The summed E-state index contributed by atoms with van der Waals surface area (Å²) in [6.45, 7) is 5.91. The van der Waals surface area contributed by atoms with Gasteiger partial charge in [-0.25, -0.2) is 0 Å². The third-order valence-corrected chi connectivity index (χ3v) is 6.04. The van der Waals surface area contributed by atoms with Gasteiger partial charge in [0.15, 0.2) is 11.0 Å². The van der Waals surface area contributed by atoms with Crippen molar-refractivity contribution < 1.29 is 14.1 Å². The van der Waals surface area contributed by atoms with Gasteiger partial charge in [0.05, 0.1) is 12.9 Å². The minimum absolute atomic E-state index is 0.117. The van der Waals surface area contributed by atoms with Crippen molar-refractivity contribution in [3.8, 4) is 11.4 Å². The number of hydrogen-bond donors (Lipinski definition) is 1. The zero-order chi connectivity index (χ0) is 22.0. The number of aromatic nitrogens is 5. The fourth-order valence-corrected chi connectivity index (χ4v) is 4.01. The fraction of sp³-hybridized carbons (Fsp3) is 0.476. The van der Waals surface area contributed by atoms with Crippen LogP contribution in [-0.2, 0) is 4.79 Å². The Morgan fingerprint density at radius 1 is 1.29 bits per heavy atom. The summed E-state index contributed by atoms with van der Waals surface area (Å²) in [4.78, 5) is 17.2. The van der Waals surface area contributed by atoms with Gasteiger partial charge in [0, 0.05) is 11.6 Å². The zero-order valence-electron chi connectivity index (χ0n) is 18.0. The normalized spacial score (nSPS) is 14.6. The molecule has 164 valence electrons. The highest BCUT2D eigenvalue weighted by Gasteiger charge is 2.31. The first-order valence-corrected chi connectivity index (χ1v) is 11.3. The highest BCUT2D eigenvalue weighted by molar-refractivity contribution is 7.99. The van der Waals surface area contributed by atoms with Crippen molar-refractivity contribution in [1.29, 1.82) is 0 Å². The monoisotopic (exact) mass is 442 g/mol. The molecule has 9 nitrogen and oxygen atoms in total. The van der Waals surface area contributed by atoms with Crippen LogP contribution in [0.15, 0.2) is 33.9 Å². The van der Waals surface area contributed by atoms with E-state index in [-0.39, 0.29) is 23.6 Å². The zero-order valence-corrected chi connectivity index (χ0v) is 18.8. The summed E-state index contributed by atoms with van der Waals surface area (Å²) >= 11 is 1.33. The number of nitrogens with zero attached hydrogens (tertiary/aromatic N) is 5. The summed E-state index contributed by atoms with van der Waals surface area (Å²) in [5.74, 6) is 3.31. The van der Waals surface area contributed by atoms with Crippen molar-refractivity contribution in [2.75, 3.05) is 12.9 Å². The maximum absolute atomic E-state index is 12.7. The number of rotatable bonds is 9. The molecule has 0 radical (unpaired) electrons. The molecule has 0 spiro atoms. The van der Waals surface area contributed by atoms with E-state index in [0.29, 0.717) is 17.0 Å². The molecule has 1 amide bonds. The van der Waals surface area contributed by atoms with Crippen molar-refractivity contribution in [3.63, 3.8) is 0 Å². The molecule has 1 aromatic carbocycles. The number of aryl methyl sites for hydroxylation is 1. The molecule has 1 unspecified atom stereocenters. The molecule has 4 rings (SSSR count). The Kier molecular flexibility index (Phi) is 6.26. The lowest BCUT2D eigenvalue weighted by molar-refractivity contribution is -0.119. The van der Waals surface area contributed by atoms with E-state index in [1.165, 1.54) is 11.8 Å². The quantitative estimate of drug-likeness (QED) is 0.502. The first-order chi connectivity index (χ1) is 15.0. The van der Waals surface area contributed by atoms with Gasteiger partial charge in [-0.3, -0.25) is 9.36 Å². The molecular weight excluding hydrogens is 416 g/mol. The Morgan fingerprint density at radius 3 is 2.68 bits per heavy atom. The van der Waals surface area contributed by atoms with Crippen molar-refractivity contribution in [3.05, 3.63) is 41.8 Å². The van der Waals surface area contributed by atoms with Gasteiger partial charge in [0.25, 0.3) is 0 Å². The number of amides is 1. The molecule has 0 aliphatic heterocycles. The molecule has 1 saturated carbocycles. The van der Waals surface area contributed by atoms with Gasteiger partial charge in [0.1, 0.15) is 17.6 Å². The third-order valence-electron chi connectivity index (χ3n) is 5.11. The lowest BCUT2D eigenvalue weighted by atomic mass is 10.0. The molecule has 1 fully saturated rings. The molecule has 1 atom stereocenters. The maximum Gasteiger partial charge on any atom is 0.249 e. The highest BCUT2D eigenvalue weighted by atomic mass is 32.2. The van der Waals surface area contributed by atoms with E-state index in [2.05, 4.69) is 25.7 Å². The highest BCUT2D eigenvalue weighted by Crippen LogP contribution is 2.38. The van der Waals surface area contributed by atoms with Crippen LogP contribution >= 0.6 is 11.8 Å². The molecule has 1 aliphatic rings. The molecule has 3 aromatic rings. The maximum atomic E-state index is 12.7. The Bertz CT molecular complexity index is 1040. The summed E-state index contributed by atoms with van der Waals surface area (Å²) in [5, 5.41) is 16.1. The number of hydrogen-bond acceptors (Lipinski definition) is 8.